The van der Waals surface area contributed by atoms with Crippen LogP contribution in [0.5, 0.6) is 0 Å². The van der Waals surface area contributed by atoms with Gasteiger partial charge in [0, 0.05) is 30.1 Å². The second kappa shape index (κ2) is 7.79. The van der Waals surface area contributed by atoms with Crippen LogP contribution in [0.3, 0.4) is 0 Å². The second-order valence-corrected chi connectivity index (χ2v) is 6.07. The molecule has 0 aliphatic carbocycles. The van der Waals surface area contributed by atoms with Crippen LogP contribution in [0.25, 0.3) is 10.4 Å². The van der Waals surface area contributed by atoms with Crippen LogP contribution in [0, 0.1) is 10.1 Å². The third kappa shape index (κ3) is 5.20. The van der Waals surface area contributed by atoms with Crippen molar-refractivity contribution in [2.24, 2.45) is 5.11 Å². The molecule has 0 fully saturated rings. The van der Waals surface area contributed by atoms with Crippen molar-refractivity contribution in [1.82, 2.24) is 4.72 Å². The van der Waals surface area contributed by atoms with Crippen LogP contribution in [0.2, 0.25) is 5.02 Å². The van der Waals surface area contributed by atoms with E-state index in [1.54, 1.807) is 0 Å². The zero-order valence-corrected chi connectivity index (χ0v) is 12.3. The van der Waals surface area contributed by atoms with Crippen molar-refractivity contribution < 1.29 is 13.3 Å². The SMILES string of the molecule is [N-]=[N+]=NCCCCNS(=O)(=O)c1ccc([N+](=O)[O-])cc1Cl. The van der Waals surface area contributed by atoms with Gasteiger partial charge in [0.2, 0.25) is 10.0 Å². The predicted molar refractivity (Wildman–Crippen MR) is 76.5 cm³/mol. The molecule has 11 heteroatoms. The number of hydrogen-bond acceptors (Lipinski definition) is 5. The first-order valence-corrected chi connectivity index (χ1v) is 7.69. The van der Waals surface area contributed by atoms with E-state index < -0.39 is 14.9 Å². The normalized spacial score (nSPS) is 10.9. The van der Waals surface area contributed by atoms with Crippen LogP contribution in [-0.4, -0.2) is 26.4 Å². The fourth-order valence-electron chi connectivity index (χ4n) is 1.46. The summed E-state index contributed by atoms with van der Waals surface area (Å²) in [5, 5.41) is 13.7. The first-order chi connectivity index (χ1) is 9.88. The molecule has 21 heavy (non-hydrogen) atoms. The second-order valence-electron chi connectivity index (χ2n) is 3.93. The molecule has 0 aliphatic heterocycles. The Balaban J connectivity index is 2.70. The summed E-state index contributed by atoms with van der Waals surface area (Å²) in [5.41, 5.74) is 7.79. The Kier molecular flexibility index (Phi) is 6.38. The van der Waals surface area contributed by atoms with E-state index in [-0.39, 0.29) is 28.7 Å². The summed E-state index contributed by atoms with van der Waals surface area (Å²) in [6, 6.07) is 3.14. The number of nitro groups is 1. The van der Waals surface area contributed by atoms with Crippen LogP contribution >= 0.6 is 11.6 Å². The number of halogens is 1. The molecule has 0 amide bonds. The lowest BCUT2D eigenvalue weighted by Gasteiger charge is -2.07. The van der Waals surface area contributed by atoms with Crippen molar-refractivity contribution in [3.63, 3.8) is 0 Å². The number of nitrogens with zero attached hydrogens (tertiary/aromatic N) is 4. The number of hydrogen-bond donors (Lipinski definition) is 1. The lowest BCUT2D eigenvalue weighted by Crippen LogP contribution is -2.25. The molecule has 0 aliphatic rings. The molecule has 0 heterocycles. The minimum Gasteiger partial charge on any atom is -0.258 e. The van der Waals surface area contributed by atoms with Gasteiger partial charge in [0.15, 0.2) is 0 Å². The van der Waals surface area contributed by atoms with E-state index in [1.807, 2.05) is 0 Å². The van der Waals surface area contributed by atoms with Crippen LogP contribution in [0.1, 0.15) is 12.8 Å². The predicted octanol–water partition coefficient (Wildman–Crippen LogP) is 2.62. The molecule has 9 nitrogen and oxygen atoms in total. The van der Waals surface area contributed by atoms with E-state index in [4.69, 9.17) is 17.1 Å². The highest BCUT2D eigenvalue weighted by Gasteiger charge is 2.19. The Hall–Kier alpha value is -1.87. The highest BCUT2D eigenvalue weighted by atomic mass is 35.5. The maximum atomic E-state index is 12.0. The van der Waals surface area contributed by atoms with E-state index in [1.165, 1.54) is 0 Å². The average molecular weight is 334 g/mol. The molecule has 114 valence electrons. The molecule has 0 bridgehead atoms. The van der Waals surface area contributed by atoms with Gasteiger partial charge in [-0.25, -0.2) is 13.1 Å². The van der Waals surface area contributed by atoms with Crippen molar-refractivity contribution in [3.8, 4) is 0 Å². The van der Waals surface area contributed by atoms with Gasteiger partial charge in [0.1, 0.15) is 4.90 Å². The summed E-state index contributed by atoms with van der Waals surface area (Å²) in [4.78, 5) is 12.3. The van der Waals surface area contributed by atoms with Gasteiger partial charge >= 0.3 is 0 Å². The number of unbranched alkanes of at least 4 members (excludes halogenated alkanes) is 1. The number of rotatable bonds is 8. The topological polar surface area (TPSA) is 138 Å². The average Bonchev–Trinajstić information content (AvgIpc) is 2.42. The van der Waals surface area contributed by atoms with Gasteiger partial charge in [-0.1, -0.05) is 16.7 Å². The van der Waals surface area contributed by atoms with E-state index in [0.717, 1.165) is 18.2 Å². The van der Waals surface area contributed by atoms with Crippen LogP contribution in [0.4, 0.5) is 5.69 Å². The summed E-state index contributed by atoms with van der Waals surface area (Å²) in [5.74, 6) is 0. The third-order valence-electron chi connectivity index (χ3n) is 2.46. The molecule has 0 unspecified atom stereocenters. The Morgan fingerprint density at radius 3 is 2.71 bits per heavy atom. The molecule has 0 saturated heterocycles. The molecule has 0 spiro atoms. The number of sulfonamides is 1. The fourth-order valence-corrected chi connectivity index (χ4v) is 3.07. The monoisotopic (exact) mass is 333 g/mol. The first-order valence-electron chi connectivity index (χ1n) is 5.83. The van der Waals surface area contributed by atoms with Crippen molar-refractivity contribution >= 4 is 27.3 Å². The molecule has 0 radical (unpaired) electrons. The lowest BCUT2D eigenvalue weighted by atomic mass is 10.3. The van der Waals surface area contributed by atoms with Crippen molar-refractivity contribution in [3.05, 3.63) is 43.8 Å². The van der Waals surface area contributed by atoms with Gasteiger partial charge in [0.25, 0.3) is 5.69 Å². The van der Waals surface area contributed by atoms with Crippen LogP contribution < -0.4 is 4.72 Å². The zero-order chi connectivity index (χ0) is 15.9. The van der Waals surface area contributed by atoms with Gasteiger partial charge in [-0.05, 0) is 24.4 Å². The molecule has 1 aromatic rings. The van der Waals surface area contributed by atoms with Gasteiger partial charge in [0.05, 0.1) is 9.95 Å². The van der Waals surface area contributed by atoms with Gasteiger partial charge in [-0.2, -0.15) is 0 Å². The highest BCUT2D eigenvalue weighted by molar-refractivity contribution is 7.89. The lowest BCUT2D eigenvalue weighted by molar-refractivity contribution is -0.384. The summed E-state index contributed by atoms with van der Waals surface area (Å²) in [6.45, 7) is 0.438. The fraction of sp³-hybridized carbons (Fsp3) is 0.400. The van der Waals surface area contributed by atoms with E-state index in [9.17, 15) is 18.5 Å². The van der Waals surface area contributed by atoms with Gasteiger partial charge in [-0.3, -0.25) is 10.1 Å². The molecular formula is C10H12ClN5O4S. The third-order valence-corrected chi connectivity index (χ3v) is 4.40. The minimum absolute atomic E-state index is 0.149. The Bertz CT molecular complexity index is 672. The van der Waals surface area contributed by atoms with Crippen molar-refractivity contribution in [2.75, 3.05) is 13.1 Å². The largest absolute Gasteiger partial charge is 0.271 e. The summed E-state index contributed by atoms with van der Waals surface area (Å²) < 4.78 is 26.3. The molecule has 0 aromatic heterocycles. The van der Waals surface area contributed by atoms with Crippen LogP contribution in [-0.2, 0) is 10.0 Å². The molecule has 0 atom stereocenters. The molecule has 1 N–H and O–H groups in total. The number of non-ortho nitro benzene ring substituents is 1. The number of benzene rings is 1. The molecule has 1 aromatic carbocycles. The maximum Gasteiger partial charge on any atom is 0.271 e. The highest BCUT2D eigenvalue weighted by Crippen LogP contribution is 2.25. The Morgan fingerprint density at radius 2 is 2.14 bits per heavy atom. The molecular weight excluding hydrogens is 322 g/mol. The van der Waals surface area contributed by atoms with Gasteiger partial charge in [-0.15, -0.1) is 0 Å². The van der Waals surface area contributed by atoms with Crippen molar-refractivity contribution in [2.45, 2.75) is 17.7 Å². The summed E-state index contributed by atoms with van der Waals surface area (Å²) >= 11 is 5.76. The van der Waals surface area contributed by atoms with Crippen molar-refractivity contribution in [1.29, 1.82) is 0 Å². The maximum absolute atomic E-state index is 12.0. The molecule has 1 rings (SSSR count). The summed E-state index contributed by atoms with van der Waals surface area (Å²) in [6.07, 6.45) is 1.03. The van der Waals surface area contributed by atoms with E-state index >= 15 is 0 Å². The van der Waals surface area contributed by atoms with E-state index in [0.29, 0.717) is 12.8 Å². The number of azide groups is 1. The zero-order valence-electron chi connectivity index (χ0n) is 10.8. The molecule has 0 saturated carbocycles. The first kappa shape index (κ1) is 17.2. The summed E-state index contributed by atoms with van der Waals surface area (Å²) in [7, 11) is -3.83. The minimum atomic E-state index is -3.83. The quantitative estimate of drug-likeness (QED) is 0.195. The number of nitro benzene ring substituents is 1. The smallest absolute Gasteiger partial charge is 0.258 e. The standard InChI is InChI=1S/C10H12ClN5O4S/c11-9-7-8(16(17)18)3-4-10(9)21(19,20)14-6-2-1-5-13-15-12/h3-4,7,14H,1-2,5-6H2. The van der Waals surface area contributed by atoms with Gasteiger partial charge < -0.3 is 0 Å². The Morgan fingerprint density at radius 1 is 1.43 bits per heavy atom. The van der Waals surface area contributed by atoms with E-state index in [2.05, 4.69) is 14.7 Å². The number of nitrogens with one attached hydrogen (secondary N) is 1. The Labute approximate surface area is 125 Å². The van der Waals surface area contributed by atoms with Crippen LogP contribution in [0.15, 0.2) is 28.2 Å².